The topological polar surface area (TPSA) is 75.3 Å². The SMILES string of the molecule is CCCCNC(=O)Cc1ccc(NS(=O)(=O)c2ccc(Cl)c(Cl)c2)cc1. The number of rotatable bonds is 8. The van der Waals surface area contributed by atoms with E-state index in [0.29, 0.717) is 12.2 Å². The van der Waals surface area contributed by atoms with Gasteiger partial charge < -0.3 is 5.32 Å². The summed E-state index contributed by atoms with van der Waals surface area (Å²) in [5.74, 6) is -0.0532. The molecule has 0 spiro atoms. The van der Waals surface area contributed by atoms with Crippen LogP contribution in [0.25, 0.3) is 0 Å². The second-order valence-electron chi connectivity index (χ2n) is 5.76. The number of sulfonamides is 1. The minimum absolute atomic E-state index is 0.0197. The van der Waals surface area contributed by atoms with Gasteiger partial charge in [0.05, 0.1) is 21.4 Å². The summed E-state index contributed by atoms with van der Waals surface area (Å²) in [5.41, 5.74) is 1.20. The Morgan fingerprint density at radius 1 is 1.04 bits per heavy atom. The zero-order valence-corrected chi connectivity index (χ0v) is 16.6. The van der Waals surface area contributed by atoms with E-state index in [1.54, 1.807) is 24.3 Å². The molecule has 140 valence electrons. The Bertz CT molecular complexity index is 869. The summed E-state index contributed by atoms with van der Waals surface area (Å²) in [4.78, 5) is 11.8. The molecule has 2 N–H and O–H groups in total. The van der Waals surface area contributed by atoms with Crippen LogP contribution in [-0.2, 0) is 21.2 Å². The second-order valence-corrected chi connectivity index (χ2v) is 8.26. The van der Waals surface area contributed by atoms with Crippen molar-refractivity contribution in [2.45, 2.75) is 31.1 Å². The Morgan fingerprint density at radius 3 is 2.35 bits per heavy atom. The van der Waals surface area contributed by atoms with Gasteiger partial charge in [-0.15, -0.1) is 0 Å². The van der Waals surface area contributed by atoms with Gasteiger partial charge in [-0.05, 0) is 42.3 Å². The van der Waals surface area contributed by atoms with Crippen molar-refractivity contribution in [2.24, 2.45) is 0 Å². The lowest BCUT2D eigenvalue weighted by atomic mass is 10.1. The third-order valence-corrected chi connectivity index (χ3v) is 5.74. The summed E-state index contributed by atoms with van der Waals surface area (Å²) in [6.45, 7) is 2.72. The van der Waals surface area contributed by atoms with Crippen LogP contribution in [0, 0.1) is 0 Å². The van der Waals surface area contributed by atoms with Crippen molar-refractivity contribution < 1.29 is 13.2 Å². The quantitative estimate of drug-likeness (QED) is 0.633. The lowest BCUT2D eigenvalue weighted by Crippen LogP contribution is -2.25. The van der Waals surface area contributed by atoms with Crippen molar-refractivity contribution in [1.82, 2.24) is 5.32 Å². The van der Waals surface area contributed by atoms with Crippen LogP contribution in [-0.4, -0.2) is 20.9 Å². The van der Waals surface area contributed by atoms with Gasteiger partial charge in [-0.2, -0.15) is 0 Å². The highest BCUT2D eigenvalue weighted by Gasteiger charge is 2.15. The van der Waals surface area contributed by atoms with Crippen LogP contribution < -0.4 is 10.0 Å². The predicted molar refractivity (Wildman–Crippen MR) is 105 cm³/mol. The van der Waals surface area contributed by atoms with Crippen LogP contribution >= 0.6 is 23.2 Å². The van der Waals surface area contributed by atoms with Crippen LogP contribution in [0.3, 0.4) is 0 Å². The first-order valence-electron chi connectivity index (χ1n) is 8.15. The number of hydrogen-bond donors (Lipinski definition) is 2. The van der Waals surface area contributed by atoms with Gasteiger partial charge in [-0.3, -0.25) is 9.52 Å². The van der Waals surface area contributed by atoms with Crippen molar-refractivity contribution in [3.05, 3.63) is 58.1 Å². The van der Waals surface area contributed by atoms with Crippen LogP contribution in [0.2, 0.25) is 10.0 Å². The third-order valence-electron chi connectivity index (χ3n) is 3.62. The Balaban J connectivity index is 2.01. The summed E-state index contributed by atoms with van der Waals surface area (Å²) in [7, 11) is -3.78. The molecule has 0 saturated carbocycles. The minimum atomic E-state index is -3.78. The molecule has 26 heavy (non-hydrogen) atoms. The fraction of sp³-hybridized carbons (Fsp3) is 0.278. The molecule has 0 aliphatic carbocycles. The van der Waals surface area contributed by atoms with E-state index < -0.39 is 10.0 Å². The van der Waals surface area contributed by atoms with Gasteiger partial charge >= 0.3 is 0 Å². The number of benzene rings is 2. The number of halogens is 2. The van der Waals surface area contributed by atoms with Crippen molar-refractivity contribution in [2.75, 3.05) is 11.3 Å². The molecular weight excluding hydrogens is 395 g/mol. The molecule has 5 nitrogen and oxygen atoms in total. The molecule has 0 bridgehead atoms. The van der Waals surface area contributed by atoms with Gasteiger partial charge in [0.15, 0.2) is 0 Å². The molecule has 0 saturated heterocycles. The summed E-state index contributed by atoms with van der Waals surface area (Å²) < 4.78 is 27.3. The summed E-state index contributed by atoms with van der Waals surface area (Å²) in [5, 5.41) is 3.29. The molecule has 0 atom stereocenters. The summed E-state index contributed by atoms with van der Waals surface area (Å²) >= 11 is 11.7. The smallest absolute Gasteiger partial charge is 0.261 e. The zero-order chi connectivity index (χ0) is 19.2. The van der Waals surface area contributed by atoms with Gasteiger partial charge in [0.1, 0.15) is 0 Å². The van der Waals surface area contributed by atoms with E-state index in [1.807, 2.05) is 0 Å². The molecular formula is C18H20Cl2N2O3S. The molecule has 0 aliphatic rings. The number of nitrogens with one attached hydrogen (secondary N) is 2. The van der Waals surface area contributed by atoms with E-state index >= 15 is 0 Å². The van der Waals surface area contributed by atoms with E-state index in [9.17, 15) is 13.2 Å². The highest BCUT2D eigenvalue weighted by molar-refractivity contribution is 7.92. The van der Waals surface area contributed by atoms with E-state index in [1.165, 1.54) is 18.2 Å². The molecule has 0 fully saturated rings. The van der Waals surface area contributed by atoms with E-state index in [4.69, 9.17) is 23.2 Å². The fourth-order valence-electron chi connectivity index (χ4n) is 2.20. The Kier molecular flexibility index (Phi) is 7.32. The van der Waals surface area contributed by atoms with Crippen molar-refractivity contribution >= 4 is 44.8 Å². The van der Waals surface area contributed by atoms with Crippen molar-refractivity contribution in [3.63, 3.8) is 0 Å². The number of unbranched alkanes of at least 4 members (excludes halogenated alkanes) is 1. The Labute approximate surface area is 163 Å². The molecule has 1 amide bonds. The molecule has 0 aromatic heterocycles. The van der Waals surface area contributed by atoms with Crippen LogP contribution in [0.4, 0.5) is 5.69 Å². The fourth-order valence-corrected chi connectivity index (χ4v) is 3.65. The zero-order valence-electron chi connectivity index (χ0n) is 14.3. The van der Waals surface area contributed by atoms with Crippen LogP contribution in [0.1, 0.15) is 25.3 Å². The lowest BCUT2D eigenvalue weighted by Gasteiger charge is -2.10. The summed E-state index contributed by atoms with van der Waals surface area (Å²) in [6, 6.07) is 10.8. The minimum Gasteiger partial charge on any atom is -0.356 e. The molecule has 0 unspecified atom stereocenters. The van der Waals surface area contributed by atoms with Gasteiger partial charge in [0.25, 0.3) is 10.0 Å². The third kappa shape index (κ3) is 5.90. The number of carbonyl (C=O) groups is 1. The first kappa shape index (κ1) is 20.6. The molecule has 2 rings (SSSR count). The highest BCUT2D eigenvalue weighted by Crippen LogP contribution is 2.26. The lowest BCUT2D eigenvalue weighted by molar-refractivity contribution is -0.120. The maximum atomic E-state index is 12.4. The Hall–Kier alpha value is -1.76. The van der Waals surface area contributed by atoms with Gasteiger partial charge in [-0.25, -0.2) is 8.42 Å². The Morgan fingerprint density at radius 2 is 1.73 bits per heavy atom. The van der Waals surface area contributed by atoms with Gasteiger partial charge in [0, 0.05) is 12.2 Å². The second kappa shape index (κ2) is 9.26. The molecule has 0 aliphatic heterocycles. The van der Waals surface area contributed by atoms with E-state index in [2.05, 4.69) is 17.0 Å². The van der Waals surface area contributed by atoms with Gasteiger partial charge in [0.2, 0.25) is 5.91 Å². The molecule has 2 aromatic carbocycles. The average Bonchev–Trinajstić information content (AvgIpc) is 2.59. The standard InChI is InChI=1S/C18H20Cl2N2O3S/c1-2-3-10-21-18(23)11-13-4-6-14(7-5-13)22-26(24,25)15-8-9-16(19)17(20)12-15/h4-9,12,22H,2-3,10-11H2,1H3,(H,21,23). The monoisotopic (exact) mass is 414 g/mol. The predicted octanol–water partition coefficient (Wildman–Crippen LogP) is 4.25. The van der Waals surface area contributed by atoms with Crippen molar-refractivity contribution in [3.8, 4) is 0 Å². The summed E-state index contributed by atoms with van der Waals surface area (Å²) in [6.07, 6.45) is 2.22. The van der Waals surface area contributed by atoms with Crippen LogP contribution in [0.15, 0.2) is 47.4 Å². The number of amides is 1. The van der Waals surface area contributed by atoms with Crippen LogP contribution in [0.5, 0.6) is 0 Å². The largest absolute Gasteiger partial charge is 0.356 e. The van der Waals surface area contributed by atoms with E-state index in [0.717, 1.165) is 18.4 Å². The number of anilines is 1. The molecule has 2 aromatic rings. The molecule has 0 radical (unpaired) electrons. The first-order chi connectivity index (χ1) is 12.3. The first-order valence-corrected chi connectivity index (χ1v) is 10.4. The normalized spacial score (nSPS) is 11.2. The van der Waals surface area contributed by atoms with Crippen molar-refractivity contribution in [1.29, 1.82) is 0 Å². The molecule has 0 heterocycles. The highest BCUT2D eigenvalue weighted by atomic mass is 35.5. The van der Waals surface area contributed by atoms with E-state index in [-0.39, 0.29) is 27.3 Å². The average molecular weight is 415 g/mol. The van der Waals surface area contributed by atoms with Gasteiger partial charge in [-0.1, -0.05) is 48.7 Å². The maximum absolute atomic E-state index is 12.4. The maximum Gasteiger partial charge on any atom is 0.261 e. The molecule has 8 heteroatoms. The number of hydrogen-bond acceptors (Lipinski definition) is 3. The number of carbonyl (C=O) groups excluding carboxylic acids is 1.